The smallest absolute Gasteiger partial charge is 0.0701 e. The van der Waals surface area contributed by atoms with Gasteiger partial charge in [-0.3, -0.25) is 0 Å². The van der Waals surface area contributed by atoms with Gasteiger partial charge in [-0.1, -0.05) is 6.92 Å². The molecule has 0 spiro atoms. The third-order valence-corrected chi connectivity index (χ3v) is 2.98. The van der Waals surface area contributed by atoms with Crippen molar-refractivity contribution in [3.63, 3.8) is 0 Å². The second kappa shape index (κ2) is 4.91. The van der Waals surface area contributed by atoms with Gasteiger partial charge in [0.05, 0.1) is 3.79 Å². The van der Waals surface area contributed by atoms with Crippen LogP contribution in [0.4, 0.5) is 0 Å². The number of hydrogen-bond acceptors (Lipinski definition) is 2. The Hall–Kier alpha value is 0.140. The van der Waals surface area contributed by atoms with E-state index >= 15 is 0 Å². The molecule has 0 amide bonds. The zero-order chi connectivity index (χ0) is 8.10. The minimum absolute atomic E-state index is 1.00. The van der Waals surface area contributed by atoms with Gasteiger partial charge >= 0.3 is 0 Å². The quantitative estimate of drug-likeness (QED) is 0.789. The Morgan fingerprint density at radius 3 is 2.91 bits per heavy atom. The molecular weight excluding hydrogens is 222 g/mol. The third kappa shape index (κ3) is 3.36. The summed E-state index contributed by atoms with van der Waals surface area (Å²) in [5.41, 5.74) is 0. The van der Waals surface area contributed by atoms with Crippen LogP contribution in [0.15, 0.2) is 15.9 Å². The van der Waals surface area contributed by atoms with Crippen molar-refractivity contribution in [1.29, 1.82) is 0 Å². The molecule has 1 rings (SSSR count). The van der Waals surface area contributed by atoms with Gasteiger partial charge in [-0.2, -0.15) is 0 Å². The van der Waals surface area contributed by atoms with Gasteiger partial charge in [-0.25, -0.2) is 0 Å². The lowest BCUT2D eigenvalue weighted by Crippen LogP contribution is -2.12. The summed E-state index contributed by atoms with van der Waals surface area (Å²) in [7, 11) is 0. The Labute approximate surface area is 79.9 Å². The summed E-state index contributed by atoms with van der Waals surface area (Å²) in [4.78, 5) is 1.39. The molecular formula is C8H12BrNS. The summed E-state index contributed by atoms with van der Waals surface area (Å²) in [6, 6.07) is 4.24. The van der Waals surface area contributed by atoms with Crippen molar-refractivity contribution in [2.45, 2.75) is 19.9 Å². The van der Waals surface area contributed by atoms with Crippen LogP contribution in [0.1, 0.15) is 18.2 Å². The molecule has 1 aromatic heterocycles. The summed E-state index contributed by atoms with van der Waals surface area (Å²) in [5.74, 6) is 0. The van der Waals surface area contributed by atoms with Gasteiger partial charge in [0, 0.05) is 11.4 Å². The SMILES string of the molecule is CCCNCc1ccc(Br)s1. The number of rotatable bonds is 4. The van der Waals surface area contributed by atoms with Crippen LogP contribution in [0.25, 0.3) is 0 Å². The molecule has 1 nitrogen and oxygen atoms in total. The lowest BCUT2D eigenvalue weighted by atomic mass is 10.4. The van der Waals surface area contributed by atoms with E-state index in [-0.39, 0.29) is 0 Å². The van der Waals surface area contributed by atoms with Crippen LogP contribution >= 0.6 is 27.3 Å². The average Bonchev–Trinajstić information content (AvgIpc) is 2.37. The van der Waals surface area contributed by atoms with E-state index in [9.17, 15) is 0 Å². The number of thiophene rings is 1. The van der Waals surface area contributed by atoms with Crippen LogP contribution in [0, 0.1) is 0 Å². The Balaban J connectivity index is 2.27. The van der Waals surface area contributed by atoms with Gasteiger partial charge in [0.2, 0.25) is 0 Å². The van der Waals surface area contributed by atoms with Crippen molar-refractivity contribution in [2.75, 3.05) is 6.54 Å². The predicted molar refractivity (Wildman–Crippen MR) is 54.0 cm³/mol. The standard InChI is InChI=1S/C8H12BrNS/c1-2-5-10-6-7-3-4-8(9)11-7/h3-4,10H,2,5-6H2,1H3. The fourth-order valence-corrected chi connectivity index (χ4v) is 2.29. The molecule has 3 heteroatoms. The molecule has 0 radical (unpaired) electrons. The van der Waals surface area contributed by atoms with E-state index in [0.717, 1.165) is 13.1 Å². The Morgan fingerprint density at radius 2 is 2.36 bits per heavy atom. The lowest BCUT2D eigenvalue weighted by molar-refractivity contribution is 0.681. The first-order valence-corrected chi connectivity index (χ1v) is 5.39. The largest absolute Gasteiger partial charge is 0.312 e. The molecule has 1 aromatic rings. The molecule has 0 unspecified atom stereocenters. The minimum atomic E-state index is 1.00. The van der Waals surface area contributed by atoms with Crippen molar-refractivity contribution in [3.05, 3.63) is 20.8 Å². The van der Waals surface area contributed by atoms with Crippen molar-refractivity contribution in [3.8, 4) is 0 Å². The van der Waals surface area contributed by atoms with Crippen LogP contribution in [0.2, 0.25) is 0 Å². The van der Waals surface area contributed by atoms with Gasteiger partial charge in [0.25, 0.3) is 0 Å². The molecule has 0 fully saturated rings. The first kappa shape index (κ1) is 9.23. The van der Waals surface area contributed by atoms with Gasteiger partial charge in [0.1, 0.15) is 0 Å². The molecule has 11 heavy (non-hydrogen) atoms. The number of halogens is 1. The van der Waals surface area contributed by atoms with E-state index in [1.807, 2.05) is 0 Å². The number of hydrogen-bond donors (Lipinski definition) is 1. The van der Waals surface area contributed by atoms with Gasteiger partial charge in [-0.05, 0) is 41.0 Å². The summed E-state index contributed by atoms with van der Waals surface area (Å²) in [6.07, 6.45) is 1.20. The molecule has 62 valence electrons. The molecule has 1 heterocycles. The maximum atomic E-state index is 3.43. The van der Waals surface area contributed by atoms with E-state index in [1.54, 1.807) is 11.3 Å². The van der Waals surface area contributed by atoms with Gasteiger partial charge in [0.15, 0.2) is 0 Å². The first-order valence-electron chi connectivity index (χ1n) is 3.78. The van der Waals surface area contributed by atoms with E-state index in [1.165, 1.54) is 15.1 Å². The van der Waals surface area contributed by atoms with E-state index in [0.29, 0.717) is 0 Å². The third-order valence-electron chi connectivity index (χ3n) is 1.35. The maximum absolute atomic E-state index is 3.43. The van der Waals surface area contributed by atoms with Crippen molar-refractivity contribution < 1.29 is 0 Å². The fourth-order valence-electron chi connectivity index (χ4n) is 0.835. The molecule has 0 saturated heterocycles. The highest BCUT2D eigenvalue weighted by atomic mass is 79.9. The fraction of sp³-hybridized carbons (Fsp3) is 0.500. The molecule has 0 aromatic carbocycles. The van der Waals surface area contributed by atoms with E-state index in [2.05, 4.69) is 40.3 Å². The summed E-state index contributed by atoms with van der Waals surface area (Å²) in [6.45, 7) is 4.29. The van der Waals surface area contributed by atoms with Crippen LogP contribution in [-0.4, -0.2) is 6.54 Å². The summed E-state index contributed by atoms with van der Waals surface area (Å²) >= 11 is 5.22. The van der Waals surface area contributed by atoms with Crippen LogP contribution in [0.5, 0.6) is 0 Å². The average molecular weight is 234 g/mol. The van der Waals surface area contributed by atoms with Crippen molar-refractivity contribution in [2.24, 2.45) is 0 Å². The Bertz CT molecular complexity index is 210. The molecule has 0 aliphatic carbocycles. The van der Waals surface area contributed by atoms with Crippen molar-refractivity contribution in [1.82, 2.24) is 5.32 Å². The van der Waals surface area contributed by atoms with Crippen LogP contribution < -0.4 is 5.32 Å². The number of nitrogens with one attached hydrogen (secondary N) is 1. The molecule has 0 aliphatic rings. The first-order chi connectivity index (χ1) is 5.33. The van der Waals surface area contributed by atoms with Crippen LogP contribution in [-0.2, 0) is 6.54 Å². The Kier molecular flexibility index (Phi) is 4.12. The van der Waals surface area contributed by atoms with E-state index < -0.39 is 0 Å². The summed E-state index contributed by atoms with van der Waals surface area (Å²) in [5, 5.41) is 3.35. The zero-order valence-corrected chi connectivity index (χ0v) is 8.96. The zero-order valence-electron chi connectivity index (χ0n) is 6.56. The second-order valence-electron chi connectivity index (χ2n) is 2.38. The maximum Gasteiger partial charge on any atom is 0.0701 e. The monoisotopic (exact) mass is 233 g/mol. The molecule has 0 bridgehead atoms. The van der Waals surface area contributed by atoms with Gasteiger partial charge < -0.3 is 5.32 Å². The molecule has 0 saturated carbocycles. The predicted octanol–water partition coefficient (Wildman–Crippen LogP) is 3.01. The highest BCUT2D eigenvalue weighted by Gasteiger charge is 1.95. The normalized spacial score (nSPS) is 10.4. The van der Waals surface area contributed by atoms with Crippen LogP contribution in [0.3, 0.4) is 0 Å². The molecule has 1 N–H and O–H groups in total. The summed E-state index contributed by atoms with van der Waals surface area (Å²) < 4.78 is 1.21. The van der Waals surface area contributed by atoms with Crippen molar-refractivity contribution >= 4 is 27.3 Å². The highest BCUT2D eigenvalue weighted by Crippen LogP contribution is 2.21. The molecule has 0 aliphatic heterocycles. The van der Waals surface area contributed by atoms with E-state index in [4.69, 9.17) is 0 Å². The Morgan fingerprint density at radius 1 is 1.55 bits per heavy atom. The lowest BCUT2D eigenvalue weighted by Gasteiger charge is -1.97. The molecule has 0 atom stereocenters. The highest BCUT2D eigenvalue weighted by molar-refractivity contribution is 9.11. The second-order valence-corrected chi connectivity index (χ2v) is 4.93. The topological polar surface area (TPSA) is 12.0 Å². The van der Waals surface area contributed by atoms with Gasteiger partial charge in [-0.15, -0.1) is 11.3 Å². The minimum Gasteiger partial charge on any atom is -0.312 e.